The molecule has 0 rings (SSSR count). The normalized spacial score (nSPS) is 14.8. The van der Waals surface area contributed by atoms with Crippen molar-refractivity contribution < 1.29 is 15.1 Å². The Morgan fingerprint density at radius 1 is 1.70 bits per heavy atom. The molecule has 0 spiro atoms. The van der Waals surface area contributed by atoms with E-state index in [4.69, 9.17) is 10.3 Å². The standard InChI is InChI=1S/C6H11NO3/c1-3-4(2)5(7-10)6(8)9/h4,10H,3H2,1-2H3,(H,8,9)/b7-5+. The summed E-state index contributed by atoms with van der Waals surface area (Å²) in [6.45, 7) is 3.53. The first-order valence-corrected chi connectivity index (χ1v) is 3.08. The van der Waals surface area contributed by atoms with Crippen LogP contribution in [0.5, 0.6) is 0 Å². The van der Waals surface area contributed by atoms with Crippen LogP contribution in [0.1, 0.15) is 20.3 Å². The highest BCUT2D eigenvalue weighted by Crippen LogP contribution is 2.03. The lowest BCUT2D eigenvalue weighted by Gasteiger charge is -2.04. The molecular weight excluding hydrogens is 134 g/mol. The average molecular weight is 145 g/mol. The van der Waals surface area contributed by atoms with Crippen LogP contribution in [-0.4, -0.2) is 22.0 Å². The maximum absolute atomic E-state index is 10.2. The van der Waals surface area contributed by atoms with Crippen molar-refractivity contribution in [3.63, 3.8) is 0 Å². The molecule has 1 atom stereocenters. The fraction of sp³-hybridized carbons (Fsp3) is 0.667. The Kier molecular flexibility index (Phi) is 3.46. The number of hydrogen-bond acceptors (Lipinski definition) is 3. The van der Waals surface area contributed by atoms with Crippen LogP contribution in [-0.2, 0) is 4.79 Å². The van der Waals surface area contributed by atoms with E-state index in [9.17, 15) is 4.79 Å². The van der Waals surface area contributed by atoms with Gasteiger partial charge in [-0.1, -0.05) is 19.0 Å². The molecule has 10 heavy (non-hydrogen) atoms. The van der Waals surface area contributed by atoms with Crippen molar-refractivity contribution >= 4 is 11.7 Å². The Morgan fingerprint density at radius 3 is 2.30 bits per heavy atom. The highest BCUT2D eigenvalue weighted by atomic mass is 16.4. The van der Waals surface area contributed by atoms with E-state index in [1.165, 1.54) is 0 Å². The van der Waals surface area contributed by atoms with Gasteiger partial charge in [-0.15, -0.1) is 0 Å². The zero-order chi connectivity index (χ0) is 8.15. The minimum atomic E-state index is -1.16. The third kappa shape index (κ3) is 2.05. The Hall–Kier alpha value is -1.06. The average Bonchev–Trinajstić information content (AvgIpc) is 1.88. The first-order valence-electron chi connectivity index (χ1n) is 3.08. The Bertz CT molecular complexity index is 153. The van der Waals surface area contributed by atoms with Gasteiger partial charge in [-0.2, -0.15) is 0 Å². The summed E-state index contributed by atoms with van der Waals surface area (Å²) in [4.78, 5) is 10.2. The van der Waals surface area contributed by atoms with Crippen molar-refractivity contribution in [3.8, 4) is 0 Å². The van der Waals surface area contributed by atoms with E-state index >= 15 is 0 Å². The predicted octanol–water partition coefficient (Wildman–Crippen LogP) is 0.947. The van der Waals surface area contributed by atoms with Gasteiger partial charge in [-0.3, -0.25) is 0 Å². The van der Waals surface area contributed by atoms with Crippen LogP contribution in [0, 0.1) is 5.92 Å². The second kappa shape index (κ2) is 3.87. The van der Waals surface area contributed by atoms with Gasteiger partial charge in [0.15, 0.2) is 5.71 Å². The summed E-state index contributed by atoms with van der Waals surface area (Å²) in [5.41, 5.74) is -0.178. The van der Waals surface area contributed by atoms with E-state index in [0.717, 1.165) is 0 Å². The molecule has 0 aromatic heterocycles. The highest BCUT2D eigenvalue weighted by molar-refractivity contribution is 6.36. The molecule has 58 valence electrons. The highest BCUT2D eigenvalue weighted by Gasteiger charge is 2.16. The second-order valence-electron chi connectivity index (χ2n) is 2.10. The number of hydrogen-bond donors (Lipinski definition) is 2. The first kappa shape index (κ1) is 8.94. The predicted molar refractivity (Wildman–Crippen MR) is 36.3 cm³/mol. The van der Waals surface area contributed by atoms with Crippen LogP contribution >= 0.6 is 0 Å². The summed E-state index contributed by atoms with van der Waals surface area (Å²) in [5.74, 6) is -1.35. The van der Waals surface area contributed by atoms with Gasteiger partial charge in [0.2, 0.25) is 0 Å². The fourth-order valence-electron chi connectivity index (χ4n) is 0.545. The lowest BCUT2D eigenvalue weighted by Crippen LogP contribution is -2.20. The van der Waals surface area contributed by atoms with E-state index in [1.54, 1.807) is 6.92 Å². The maximum Gasteiger partial charge on any atom is 0.353 e. The topological polar surface area (TPSA) is 69.9 Å². The quantitative estimate of drug-likeness (QED) is 0.353. The second-order valence-corrected chi connectivity index (χ2v) is 2.10. The summed E-state index contributed by atoms with van der Waals surface area (Å²) in [5, 5.41) is 19.3. The number of carboxylic acids is 1. The number of nitrogens with zero attached hydrogens (tertiary/aromatic N) is 1. The summed E-state index contributed by atoms with van der Waals surface area (Å²) in [6, 6.07) is 0. The largest absolute Gasteiger partial charge is 0.477 e. The molecule has 0 aromatic rings. The summed E-state index contributed by atoms with van der Waals surface area (Å²) in [7, 11) is 0. The lowest BCUT2D eigenvalue weighted by molar-refractivity contribution is -0.129. The van der Waals surface area contributed by atoms with Crippen LogP contribution in [0.3, 0.4) is 0 Å². The van der Waals surface area contributed by atoms with Crippen molar-refractivity contribution in [1.29, 1.82) is 0 Å². The number of carboxylic acid groups (broad SMARTS) is 1. The van der Waals surface area contributed by atoms with Gasteiger partial charge in [-0.05, 0) is 6.42 Å². The van der Waals surface area contributed by atoms with Gasteiger partial charge in [-0.25, -0.2) is 4.79 Å². The molecule has 4 heteroatoms. The molecule has 0 saturated heterocycles. The molecule has 0 fully saturated rings. The lowest BCUT2D eigenvalue weighted by atomic mass is 10.0. The molecule has 0 amide bonds. The van der Waals surface area contributed by atoms with Crippen molar-refractivity contribution in [2.75, 3.05) is 0 Å². The summed E-state index contributed by atoms with van der Waals surface area (Å²) >= 11 is 0. The van der Waals surface area contributed by atoms with Crippen molar-refractivity contribution in [3.05, 3.63) is 0 Å². The molecule has 0 aliphatic heterocycles. The fourth-order valence-corrected chi connectivity index (χ4v) is 0.545. The SMILES string of the molecule is CCC(C)/C(=N\O)C(=O)O. The van der Waals surface area contributed by atoms with Crippen LogP contribution in [0.2, 0.25) is 0 Å². The Morgan fingerprint density at radius 2 is 2.20 bits per heavy atom. The molecule has 4 nitrogen and oxygen atoms in total. The molecule has 0 aliphatic carbocycles. The van der Waals surface area contributed by atoms with Gasteiger partial charge >= 0.3 is 5.97 Å². The number of rotatable bonds is 3. The summed E-state index contributed by atoms with van der Waals surface area (Å²) < 4.78 is 0. The summed E-state index contributed by atoms with van der Waals surface area (Å²) in [6.07, 6.45) is 0.658. The van der Waals surface area contributed by atoms with Crippen LogP contribution in [0.25, 0.3) is 0 Å². The molecule has 0 aromatic carbocycles. The Labute approximate surface area is 59.2 Å². The molecule has 1 unspecified atom stereocenters. The molecule has 0 aliphatic rings. The minimum Gasteiger partial charge on any atom is -0.477 e. The van der Waals surface area contributed by atoms with Gasteiger partial charge in [0.1, 0.15) is 0 Å². The minimum absolute atomic E-state index is 0.178. The van der Waals surface area contributed by atoms with Crippen LogP contribution < -0.4 is 0 Å². The van der Waals surface area contributed by atoms with E-state index in [-0.39, 0.29) is 11.6 Å². The molecule has 0 heterocycles. The number of carbonyl (C=O) groups is 1. The van der Waals surface area contributed by atoms with Gasteiger partial charge in [0.25, 0.3) is 0 Å². The van der Waals surface area contributed by atoms with Gasteiger partial charge < -0.3 is 10.3 Å². The third-order valence-electron chi connectivity index (χ3n) is 1.41. The van der Waals surface area contributed by atoms with Gasteiger partial charge in [0, 0.05) is 5.92 Å². The molecule has 0 radical (unpaired) electrons. The zero-order valence-electron chi connectivity index (χ0n) is 6.03. The molecule has 0 bridgehead atoms. The van der Waals surface area contributed by atoms with E-state index in [1.807, 2.05) is 6.92 Å². The monoisotopic (exact) mass is 145 g/mol. The first-order chi connectivity index (χ1) is 4.63. The van der Waals surface area contributed by atoms with E-state index in [0.29, 0.717) is 6.42 Å². The number of aliphatic carboxylic acids is 1. The van der Waals surface area contributed by atoms with E-state index in [2.05, 4.69) is 5.16 Å². The van der Waals surface area contributed by atoms with Crippen molar-refractivity contribution in [1.82, 2.24) is 0 Å². The molecule has 0 saturated carbocycles. The third-order valence-corrected chi connectivity index (χ3v) is 1.41. The molecular formula is C6H11NO3. The molecule has 2 N–H and O–H groups in total. The Balaban J connectivity index is 4.23. The number of oxime groups is 1. The van der Waals surface area contributed by atoms with Crippen LogP contribution in [0.4, 0.5) is 0 Å². The van der Waals surface area contributed by atoms with Crippen LogP contribution in [0.15, 0.2) is 5.16 Å². The maximum atomic E-state index is 10.2. The smallest absolute Gasteiger partial charge is 0.353 e. The van der Waals surface area contributed by atoms with Gasteiger partial charge in [0.05, 0.1) is 0 Å². The van der Waals surface area contributed by atoms with Crippen molar-refractivity contribution in [2.24, 2.45) is 11.1 Å². The zero-order valence-corrected chi connectivity index (χ0v) is 6.03. The van der Waals surface area contributed by atoms with Crippen molar-refractivity contribution in [2.45, 2.75) is 20.3 Å². The van der Waals surface area contributed by atoms with E-state index < -0.39 is 5.97 Å².